The molecule has 1 fully saturated rings. The lowest BCUT2D eigenvalue weighted by molar-refractivity contribution is -0.0818. The molecule has 1 aromatic carbocycles. The van der Waals surface area contributed by atoms with Crippen LogP contribution in [0.3, 0.4) is 0 Å². The lowest BCUT2D eigenvalue weighted by atomic mass is 10.1. The number of rotatable bonds is 4. The number of aromatic carboxylic acids is 1. The Morgan fingerprint density at radius 1 is 1.50 bits per heavy atom. The smallest absolute Gasteiger partial charge is 0.337 e. The maximum Gasteiger partial charge on any atom is 0.337 e. The predicted molar refractivity (Wildman–Crippen MR) is 67.2 cm³/mol. The second-order valence-electron chi connectivity index (χ2n) is 4.25. The molecule has 0 aliphatic carbocycles. The summed E-state index contributed by atoms with van der Waals surface area (Å²) in [6.07, 6.45) is -0.0278. The summed E-state index contributed by atoms with van der Waals surface area (Å²) in [5.41, 5.74) is 1.84. The first kappa shape index (κ1) is 12.9. The molecule has 1 aliphatic rings. The summed E-state index contributed by atoms with van der Waals surface area (Å²) in [5, 5.41) is 12.3. The predicted octanol–water partition coefficient (Wildman–Crippen LogP) is 1.52. The van der Waals surface area contributed by atoms with E-state index in [0.29, 0.717) is 32.1 Å². The molecular weight excluding hydrogens is 234 g/mol. The van der Waals surface area contributed by atoms with E-state index in [4.69, 9.17) is 14.6 Å². The van der Waals surface area contributed by atoms with Gasteiger partial charge in [0.1, 0.15) is 0 Å². The third-order valence-corrected chi connectivity index (χ3v) is 2.89. The van der Waals surface area contributed by atoms with Gasteiger partial charge in [0.2, 0.25) is 0 Å². The fourth-order valence-corrected chi connectivity index (χ4v) is 1.95. The molecule has 1 aliphatic heterocycles. The second kappa shape index (κ2) is 5.84. The summed E-state index contributed by atoms with van der Waals surface area (Å²) < 4.78 is 10.8. The van der Waals surface area contributed by atoms with Crippen LogP contribution in [-0.4, -0.2) is 43.5 Å². The van der Waals surface area contributed by atoms with Crippen molar-refractivity contribution in [2.75, 3.05) is 31.7 Å². The van der Waals surface area contributed by atoms with Crippen LogP contribution in [0, 0.1) is 6.92 Å². The average molecular weight is 251 g/mol. The van der Waals surface area contributed by atoms with Crippen LogP contribution in [0.15, 0.2) is 18.2 Å². The van der Waals surface area contributed by atoms with E-state index in [1.54, 1.807) is 12.1 Å². The minimum atomic E-state index is -0.929. The van der Waals surface area contributed by atoms with Gasteiger partial charge in [-0.25, -0.2) is 4.79 Å². The largest absolute Gasteiger partial charge is 0.478 e. The highest BCUT2D eigenvalue weighted by atomic mass is 16.6. The van der Waals surface area contributed by atoms with Gasteiger partial charge in [-0.1, -0.05) is 12.1 Å². The van der Waals surface area contributed by atoms with E-state index in [2.05, 4.69) is 5.32 Å². The number of hydrogen-bond acceptors (Lipinski definition) is 4. The average Bonchev–Trinajstić information content (AvgIpc) is 2.38. The molecule has 0 spiro atoms. The molecule has 98 valence electrons. The second-order valence-corrected chi connectivity index (χ2v) is 4.25. The lowest BCUT2D eigenvalue weighted by Crippen LogP contribution is -2.34. The Labute approximate surface area is 106 Å². The van der Waals surface area contributed by atoms with Gasteiger partial charge in [-0.3, -0.25) is 0 Å². The number of para-hydroxylation sites is 1. The fourth-order valence-electron chi connectivity index (χ4n) is 1.95. The minimum absolute atomic E-state index is 0.0278. The summed E-state index contributed by atoms with van der Waals surface area (Å²) in [6, 6.07) is 5.22. The zero-order valence-corrected chi connectivity index (χ0v) is 10.3. The number of anilines is 1. The van der Waals surface area contributed by atoms with Crippen molar-refractivity contribution in [1.82, 2.24) is 0 Å². The molecule has 0 bridgehead atoms. The molecular formula is C13H17NO4. The lowest BCUT2D eigenvalue weighted by Gasteiger charge is -2.24. The van der Waals surface area contributed by atoms with Crippen LogP contribution < -0.4 is 5.32 Å². The summed E-state index contributed by atoms with van der Waals surface area (Å²) in [6.45, 7) is 4.19. The normalized spacial score (nSPS) is 19.5. The fraction of sp³-hybridized carbons (Fsp3) is 0.462. The Balaban J connectivity index is 2.05. The van der Waals surface area contributed by atoms with Crippen LogP contribution in [0.1, 0.15) is 15.9 Å². The van der Waals surface area contributed by atoms with E-state index < -0.39 is 5.97 Å². The summed E-state index contributed by atoms with van der Waals surface area (Å²) in [5.74, 6) is -0.929. The molecule has 1 heterocycles. The maximum absolute atomic E-state index is 11.1. The molecule has 1 saturated heterocycles. The molecule has 1 atom stereocenters. The molecule has 0 amide bonds. The van der Waals surface area contributed by atoms with E-state index in [0.717, 1.165) is 5.56 Å². The summed E-state index contributed by atoms with van der Waals surface area (Å²) in [4.78, 5) is 11.1. The topological polar surface area (TPSA) is 67.8 Å². The number of carboxylic acids is 1. The highest BCUT2D eigenvalue weighted by Gasteiger charge is 2.16. The summed E-state index contributed by atoms with van der Waals surface area (Å²) >= 11 is 0. The van der Waals surface area contributed by atoms with Gasteiger partial charge in [-0.05, 0) is 18.6 Å². The van der Waals surface area contributed by atoms with Crippen molar-refractivity contribution < 1.29 is 19.4 Å². The molecule has 5 heteroatoms. The van der Waals surface area contributed by atoms with Crippen molar-refractivity contribution in [1.29, 1.82) is 0 Å². The van der Waals surface area contributed by atoms with Gasteiger partial charge in [0.25, 0.3) is 0 Å². The Kier molecular flexibility index (Phi) is 4.17. The van der Waals surface area contributed by atoms with Crippen molar-refractivity contribution in [3.63, 3.8) is 0 Å². The first-order valence-corrected chi connectivity index (χ1v) is 5.94. The van der Waals surface area contributed by atoms with Crippen LogP contribution in [0.4, 0.5) is 5.69 Å². The Morgan fingerprint density at radius 2 is 2.33 bits per heavy atom. The molecule has 1 aromatic rings. The number of carboxylic acid groups (broad SMARTS) is 1. The van der Waals surface area contributed by atoms with Crippen LogP contribution in [0.2, 0.25) is 0 Å². The molecule has 2 N–H and O–H groups in total. The van der Waals surface area contributed by atoms with Gasteiger partial charge >= 0.3 is 5.97 Å². The molecule has 2 rings (SSSR count). The highest BCUT2D eigenvalue weighted by molar-refractivity contribution is 5.95. The molecule has 1 unspecified atom stereocenters. The van der Waals surface area contributed by atoms with Crippen LogP contribution in [0.5, 0.6) is 0 Å². The van der Waals surface area contributed by atoms with E-state index >= 15 is 0 Å². The Bertz CT molecular complexity index is 427. The van der Waals surface area contributed by atoms with Crippen molar-refractivity contribution in [3.05, 3.63) is 29.3 Å². The molecule has 0 radical (unpaired) electrons. The van der Waals surface area contributed by atoms with E-state index in [1.807, 2.05) is 13.0 Å². The first-order valence-electron chi connectivity index (χ1n) is 5.94. The number of carbonyl (C=O) groups is 1. The quantitative estimate of drug-likeness (QED) is 0.849. The van der Waals surface area contributed by atoms with E-state index in [9.17, 15) is 4.79 Å². The third-order valence-electron chi connectivity index (χ3n) is 2.89. The number of ether oxygens (including phenoxy) is 2. The van der Waals surface area contributed by atoms with Gasteiger partial charge in [-0.15, -0.1) is 0 Å². The molecule has 0 aromatic heterocycles. The first-order chi connectivity index (χ1) is 8.68. The summed E-state index contributed by atoms with van der Waals surface area (Å²) in [7, 11) is 0. The van der Waals surface area contributed by atoms with E-state index in [1.165, 1.54) is 0 Å². The molecule has 5 nitrogen and oxygen atoms in total. The Hall–Kier alpha value is -1.59. The number of hydrogen-bond donors (Lipinski definition) is 2. The van der Waals surface area contributed by atoms with Crippen LogP contribution >= 0.6 is 0 Å². The van der Waals surface area contributed by atoms with Crippen LogP contribution in [-0.2, 0) is 9.47 Å². The molecule has 18 heavy (non-hydrogen) atoms. The van der Waals surface area contributed by atoms with Crippen molar-refractivity contribution in [2.24, 2.45) is 0 Å². The zero-order chi connectivity index (χ0) is 13.0. The number of nitrogens with one attached hydrogen (secondary N) is 1. The van der Waals surface area contributed by atoms with Gasteiger partial charge in [-0.2, -0.15) is 0 Å². The number of aryl methyl sites for hydroxylation is 1. The standard InChI is InChI=1S/C13H17NO4/c1-9-3-2-4-11(13(15)16)12(9)14-7-10-8-17-5-6-18-10/h2-4,10,14H,5-8H2,1H3,(H,15,16). The highest BCUT2D eigenvalue weighted by Crippen LogP contribution is 2.20. The van der Waals surface area contributed by atoms with Gasteiger partial charge in [0.15, 0.2) is 0 Å². The SMILES string of the molecule is Cc1cccc(C(=O)O)c1NCC1COCCO1. The van der Waals surface area contributed by atoms with Crippen LogP contribution in [0.25, 0.3) is 0 Å². The monoisotopic (exact) mass is 251 g/mol. The molecule has 0 saturated carbocycles. The minimum Gasteiger partial charge on any atom is -0.478 e. The van der Waals surface area contributed by atoms with Crippen molar-refractivity contribution in [3.8, 4) is 0 Å². The van der Waals surface area contributed by atoms with E-state index in [-0.39, 0.29) is 11.7 Å². The Morgan fingerprint density at radius 3 is 3.00 bits per heavy atom. The van der Waals surface area contributed by atoms with Crippen molar-refractivity contribution >= 4 is 11.7 Å². The third kappa shape index (κ3) is 3.00. The van der Waals surface area contributed by atoms with Gasteiger partial charge in [0, 0.05) is 6.54 Å². The van der Waals surface area contributed by atoms with Gasteiger partial charge in [0.05, 0.1) is 37.2 Å². The maximum atomic E-state index is 11.1. The number of benzene rings is 1. The van der Waals surface area contributed by atoms with Gasteiger partial charge < -0.3 is 19.9 Å². The van der Waals surface area contributed by atoms with Crippen molar-refractivity contribution in [2.45, 2.75) is 13.0 Å². The zero-order valence-electron chi connectivity index (χ0n) is 10.3.